The molecule has 1 heterocycles. The molecule has 3 N–H and O–H groups in total. The van der Waals surface area contributed by atoms with Crippen LogP contribution < -0.4 is 0 Å². The van der Waals surface area contributed by atoms with E-state index >= 15 is 0 Å². The average molecular weight is 400 g/mol. The van der Waals surface area contributed by atoms with Crippen molar-refractivity contribution in [2.75, 3.05) is 0 Å². The van der Waals surface area contributed by atoms with Gasteiger partial charge in [-0.2, -0.15) is 0 Å². The third-order valence-corrected chi connectivity index (χ3v) is 4.39. The van der Waals surface area contributed by atoms with Crippen molar-refractivity contribution >= 4 is 46.0 Å². The van der Waals surface area contributed by atoms with Crippen molar-refractivity contribution in [3.05, 3.63) is 76.5 Å². The monoisotopic (exact) mass is 399 g/mol. The molecule has 0 atom stereocenters. The molecule has 2 aromatic carbocycles. The highest BCUT2D eigenvalue weighted by Crippen LogP contribution is 2.29. The van der Waals surface area contributed by atoms with Crippen LogP contribution in [0, 0.1) is 0 Å². The van der Waals surface area contributed by atoms with E-state index in [0.29, 0.717) is 28.5 Å². The Kier molecular flexibility index (Phi) is 5.19. The fourth-order valence-electron chi connectivity index (χ4n) is 2.82. The molecule has 0 aliphatic rings. The number of aromatic nitrogens is 1. The predicted molar refractivity (Wildman–Crippen MR) is 103 cm³/mol. The van der Waals surface area contributed by atoms with Crippen LogP contribution in [0.3, 0.4) is 0 Å². The van der Waals surface area contributed by atoms with Gasteiger partial charge in [-0.3, -0.25) is 4.79 Å². The summed E-state index contributed by atoms with van der Waals surface area (Å²) in [5.74, 6) is -4.43. The van der Waals surface area contributed by atoms with Crippen molar-refractivity contribution in [3.63, 3.8) is 0 Å². The lowest BCUT2D eigenvalue weighted by Crippen LogP contribution is -2.09. The van der Waals surface area contributed by atoms with Gasteiger partial charge in [0.15, 0.2) is 0 Å². The second-order valence-corrected chi connectivity index (χ2v) is 6.47. The van der Waals surface area contributed by atoms with Gasteiger partial charge in [0.1, 0.15) is 5.76 Å². The number of benzene rings is 2. The summed E-state index contributed by atoms with van der Waals surface area (Å²) in [5.41, 5.74) is 1.94. The van der Waals surface area contributed by atoms with Gasteiger partial charge in [0, 0.05) is 40.3 Å². The van der Waals surface area contributed by atoms with Crippen LogP contribution >= 0.6 is 11.6 Å². The Morgan fingerprint density at radius 3 is 2.29 bits per heavy atom. The number of rotatable bonds is 6. The second kappa shape index (κ2) is 7.58. The van der Waals surface area contributed by atoms with E-state index in [4.69, 9.17) is 21.8 Å². The number of carbonyl (C=O) groups is 3. The van der Waals surface area contributed by atoms with Crippen molar-refractivity contribution in [3.8, 4) is 0 Å². The van der Waals surface area contributed by atoms with E-state index in [-0.39, 0.29) is 11.1 Å². The van der Waals surface area contributed by atoms with Crippen molar-refractivity contribution in [2.24, 2.45) is 0 Å². The Bertz CT molecular complexity index is 1130. The first-order valence-electron chi connectivity index (χ1n) is 8.05. The highest BCUT2D eigenvalue weighted by molar-refractivity contribution is 6.38. The number of aromatic carboxylic acids is 1. The van der Waals surface area contributed by atoms with Crippen molar-refractivity contribution in [1.82, 2.24) is 4.57 Å². The van der Waals surface area contributed by atoms with E-state index in [1.165, 1.54) is 12.1 Å². The second-order valence-electron chi connectivity index (χ2n) is 6.03. The van der Waals surface area contributed by atoms with E-state index in [9.17, 15) is 19.5 Å². The molecular formula is C20H14ClNO6. The molecule has 8 heteroatoms. The summed E-state index contributed by atoms with van der Waals surface area (Å²) in [6, 6.07) is 11.3. The number of ketones is 1. The molecule has 28 heavy (non-hydrogen) atoms. The number of carboxylic acid groups (broad SMARTS) is 2. The average Bonchev–Trinajstić information content (AvgIpc) is 2.99. The molecule has 0 aliphatic carbocycles. The van der Waals surface area contributed by atoms with Crippen molar-refractivity contribution < 1.29 is 29.7 Å². The Hall–Kier alpha value is -3.58. The maximum atomic E-state index is 11.4. The quantitative estimate of drug-likeness (QED) is 0.331. The Labute approximate surface area is 163 Å². The molecule has 0 unspecified atom stereocenters. The SMILES string of the molecule is O=C(O)C(=O)/C=C(\O)c1cn(Cc2ccc(C(=O)O)cc2)c2ccc(Cl)cc12. The highest BCUT2D eigenvalue weighted by atomic mass is 35.5. The Balaban J connectivity index is 2.05. The maximum absolute atomic E-state index is 11.4. The van der Waals surface area contributed by atoms with Crippen LogP contribution in [-0.4, -0.2) is 37.6 Å². The first kappa shape index (κ1) is 19.2. The lowest BCUT2D eigenvalue weighted by atomic mass is 10.1. The molecule has 0 amide bonds. The number of halogens is 1. The van der Waals surface area contributed by atoms with Crippen LogP contribution in [0.2, 0.25) is 5.02 Å². The minimum Gasteiger partial charge on any atom is -0.507 e. The molecule has 3 rings (SSSR count). The smallest absolute Gasteiger partial charge is 0.376 e. The first-order chi connectivity index (χ1) is 13.3. The molecule has 0 aliphatic heterocycles. The lowest BCUT2D eigenvalue weighted by molar-refractivity contribution is -0.146. The third kappa shape index (κ3) is 3.89. The largest absolute Gasteiger partial charge is 0.507 e. The van der Waals surface area contributed by atoms with E-state index in [1.807, 2.05) is 0 Å². The number of fused-ring (bicyclic) bond motifs is 1. The molecule has 0 fully saturated rings. The molecule has 1 aromatic heterocycles. The van der Waals surface area contributed by atoms with E-state index in [1.54, 1.807) is 41.1 Å². The number of hydrogen-bond donors (Lipinski definition) is 3. The number of carbonyl (C=O) groups excluding carboxylic acids is 1. The minimum absolute atomic E-state index is 0.168. The molecule has 0 spiro atoms. The zero-order valence-corrected chi connectivity index (χ0v) is 15.1. The lowest BCUT2D eigenvalue weighted by Gasteiger charge is -2.06. The van der Waals surface area contributed by atoms with Crippen LogP contribution in [0.15, 0.2) is 54.7 Å². The molecule has 3 aromatic rings. The summed E-state index contributed by atoms with van der Waals surface area (Å²) in [4.78, 5) is 33.1. The summed E-state index contributed by atoms with van der Waals surface area (Å²) in [5, 5.41) is 28.9. The summed E-state index contributed by atoms with van der Waals surface area (Å²) in [6.07, 6.45) is 2.22. The fourth-order valence-corrected chi connectivity index (χ4v) is 2.99. The zero-order valence-electron chi connectivity index (χ0n) is 14.3. The van der Waals surface area contributed by atoms with Crippen LogP contribution in [0.4, 0.5) is 0 Å². The highest BCUT2D eigenvalue weighted by Gasteiger charge is 2.16. The van der Waals surface area contributed by atoms with Gasteiger partial charge in [0.2, 0.25) is 0 Å². The summed E-state index contributed by atoms with van der Waals surface area (Å²) in [7, 11) is 0. The number of aliphatic carboxylic acids is 1. The standard InChI is InChI=1S/C20H14ClNO6/c21-13-5-6-16-14(7-13)15(17(23)8-18(24)20(27)28)10-22(16)9-11-1-3-12(4-2-11)19(25)26/h1-8,10,23H,9H2,(H,25,26)(H,27,28)/b17-8-. The van der Waals surface area contributed by atoms with Gasteiger partial charge >= 0.3 is 11.9 Å². The molecule has 142 valence electrons. The van der Waals surface area contributed by atoms with Crippen LogP contribution in [-0.2, 0) is 16.1 Å². The van der Waals surface area contributed by atoms with E-state index < -0.39 is 23.5 Å². The molecule has 0 saturated carbocycles. The van der Waals surface area contributed by atoms with Crippen molar-refractivity contribution in [1.29, 1.82) is 0 Å². The fraction of sp³-hybridized carbons (Fsp3) is 0.0500. The van der Waals surface area contributed by atoms with E-state index in [2.05, 4.69) is 0 Å². The van der Waals surface area contributed by atoms with Gasteiger partial charge in [0.25, 0.3) is 5.78 Å². The van der Waals surface area contributed by atoms with Crippen LogP contribution in [0.5, 0.6) is 0 Å². The minimum atomic E-state index is -1.67. The van der Waals surface area contributed by atoms with Gasteiger partial charge < -0.3 is 19.9 Å². The van der Waals surface area contributed by atoms with Gasteiger partial charge in [-0.25, -0.2) is 9.59 Å². The number of hydrogen-bond acceptors (Lipinski definition) is 4. The van der Waals surface area contributed by atoms with Crippen LogP contribution in [0.1, 0.15) is 21.5 Å². The first-order valence-corrected chi connectivity index (χ1v) is 8.43. The van der Waals surface area contributed by atoms with Gasteiger partial charge in [-0.1, -0.05) is 23.7 Å². The van der Waals surface area contributed by atoms with Crippen molar-refractivity contribution in [2.45, 2.75) is 6.54 Å². The molecule has 0 bridgehead atoms. The Morgan fingerprint density at radius 1 is 1.00 bits per heavy atom. The van der Waals surface area contributed by atoms with E-state index in [0.717, 1.165) is 5.56 Å². The summed E-state index contributed by atoms with van der Waals surface area (Å²) in [6.45, 7) is 0.359. The maximum Gasteiger partial charge on any atom is 0.376 e. The number of aliphatic hydroxyl groups excluding tert-OH is 1. The molecular weight excluding hydrogens is 386 g/mol. The summed E-state index contributed by atoms with van der Waals surface area (Å²) < 4.78 is 1.78. The number of nitrogens with zero attached hydrogens (tertiary/aromatic N) is 1. The zero-order chi connectivity index (χ0) is 20.4. The number of carboxylic acids is 2. The summed E-state index contributed by atoms with van der Waals surface area (Å²) >= 11 is 6.04. The molecule has 7 nitrogen and oxygen atoms in total. The van der Waals surface area contributed by atoms with Gasteiger partial charge in [-0.05, 0) is 35.9 Å². The predicted octanol–water partition coefficient (Wildman–Crippen LogP) is 3.59. The van der Waals surface area contributed by atoms with Crippen LogP contribution in [0.25, 0.3) is 16.7 Å². The number of aliphatic hydroxyl groups is 1. The third-order valence-electron chi connectivity index (χ3n) is 4.15. The normalized spacial score (nSPS) is 11.5. The molecule has 0 radical (unpaired) electrons. The topological polar surface area (TPSA) is 117 Å². The van der Waals surface area contributed by atoms with Gasteiger partial charge in [-0.15, -0.1) is 0 Å². The Morgan fingerprint density at radius 2 is 1.68 bits per heavy atom. The van der Waals surface area contributed by atoms with Gasteiger partial charge in [0.05, 0.1) is 5.56 Å². The molecule has 0 saturated heterocycles.